The number of rotatable bonds is 13. The summed E-state index contributed by atoms with van der Waals surface area (Å²) >= 11 is 0. The third-order valence-electron chi connectivity index (χ3n) is 6.65. The minimum atomic E-state index is -0.838. The van der Waals surface area contributed by atoms with Gasteiger partial charge < -0.3 is 16.0 Å². The van der Waals surface area contributed by atoms with Crippen molar-refractivity contribution in [2.45, 2.75) is 32.9 Å². The summed E-state index contributed by atoms with van der Waals surface area (Å²) in [5, 5.41) is 18.2. The molecule has 0 aliphatic carbocycles. The van der Waals surface area contributed by atoms with Gasteiger partial charge in [0, 0.05) is 18.7 Å². The first kappa shape index (κ1) is 32.1. The maximum absolute atomic E-state index is 13.2. The Hall–Kier alpha value is -5.37. The molecule has 0 spiro atoms. The summed E-state index contributed by atoms with van der Waals surface area (Å²) in [5.41, 5.74) is 2.34. The van der Waals surface area contributed by atoms with E-state index in [2.05, 4.69) is 22.5 Å². The van der Waals surface area contributed by atoms with Gasteiger partial charge in [-0.2, -0.15) is 0 Å². The molecule has 0 saturated heterocycles. The highest BCUT2D eigenvalue weighted by molar-refractivity contribution is 6.48. The first-order valence-electron chi connectivity index (χ1n) is 13.9. The highest BCUT2D eigenvalue weighted by Gasteiger charge is 2.18. The average molecular weight is 577 g/mol. The number of allylic oxidation sites excluding steroid dienone is 6. The Bertz CT molecular complexity index is 1610. The van der Waals surface area contributed by atoms with Crippen LogP contribution in [0.1, 0.15) is 47.8 Å². The molecule has 0 aromatic heterocycles. The first-order chi connectivity index (χ1) is 20.7. The van der Waals surface area contributed by atoms with Crippen LogP contribution in [-0.2, 0) is 20.9 Å². The number of hydrogen-bond acceptors (Lipinski definition) is 5. The summed E-state index contributed by atoms with van der Waals surface area (Å²) in [6.07, 6.45) is 9.73. The average Bonchev–Trinajstić information content (AvgIpc) is 3.02. The van der Waals surface area contributed by atoms with Crippen LogP contribution >= 0.6 is 0 Å². The number of nitrogens with one attached hydrogen (secondary N) is 4. The van der Waals surface area contributed by atoms with Gasteiger partial charge in [-0.25, -0.2) is 0 Å². The molecule has 3 rings (SSSR count). The van der Waals surface area contributed by atoms with Crippen LogP contribution in [0.25, 0.3) is 10.8 Å². The Balaban J connectivity index is 1.49. The summed E-state index contributed by atoms with van der Waals surface area (Å²) in [4.78, 5) is 50.0. The highest BCUT2D eigenvalue weighted by atomic mass is 16.2. The number of ketones is 1. The number of hydrogen-bond donors (Lipinski definition) is 4. The van der Waals surface area contributed by atoms with E-state index in [1.807, 2.05) is 49.4 Å². The van der Waals surface area contributed by atoms with E-state index in [1.54, 1.807) is 55.5 Å². The van der Waals surface area contributed by atoms with Gasteiger partial charge in [0.25, 0.3) is 5.91 Å². The van der Waals surface area contributed by atoms with Crippen molar-refractivity contribution in [3.8, 4) is 0 Å². The molecule has 0 unspecified atom stereocenters. The van der Waals surface area contributed by atoms with Crippen molar-refractivity contribution in [2.75, 3.05) is 6.54 Å². The zero-order chi connectivity index (χ0) is 31.2. The Labute approximate surface area is 251 Å². The van der Waals surface area contributed by atoms with Gasteiger partial charge in [0.2, 0.25) is 5.78 Å². The zero-order valence-corrected chi connectivity index (χ0v) is 24.4. The molecule has 8 heteroatoms. The maximum atomic E-state index is 13.2. The second-order valence-electron chi connectivity index (χ2n) is 9.76. The molecule has 1 atom stereocenters. The van der Waals surface area contributed by atoms with Gasteiger partial charge in [-0.1, -0.05) is 97.6 Å². The number of fused-ring (bicyclic) bond motifs is 1. The third-order valence-corrected chi connectivity index (χ3v) is 6.65. The van der Waals surface area contributed by atoms with E-state index in [9.17, 15) is 19.2 Å². The van der Waals surface area contributed by atoms with E-state index >= 15 is 0 Å². The standard InChI is InChI=1S/C35H36N4O4/c1-4-5-6-14-24(2)32(36)31(40)21-11-12-22-37-34(42)35(43)38-23-27-16-8-10-19-30(27)33(41)39-25(3)28-20-13-17-26-15-7-9-18-29(26)28/h4-11,13-21,25,36H,1,12,22-23H2,2-3H3,(H,37,42)(H,38,43)(H,39,41)/b6-5-,21-11+,24-14+,36-32?/t25-/m1/s1. The van der Waals surface area contributed by atoms with Gasteiger partial charge in [-0.3, -0.25) is 24.6 Å². The molecule has 43 heavy (non-hydrogen) atoms. The number of amides is 3. The summed E-state index contributed by atoms with van der Waals surface area (Å²) in [6, 6.07) is 20.6. The first-order valence-corrected chi connectivity index (χ1v) is 13.9. The lowest BCUT2D eigenvalue weighted by atomic mass is 9.99. The molecule has 4 N–H and O–H groups in total. The van der Waals surface area contributed by atoms with Crippen molar-refractivity contribution < 1.29 is 19.2 Å². The van der Waals surface area contributed by atoms with Gasteiger partial charge in [0.15, 0.2) is 0 Å². The smallest absolute Gasteiger partial charge is 0.309 e. The fourth-order valence-corrected chi connectivity index (χ4v) is 4.31. The SMILES string of the molecule is C=C/C=C\C=C(/C)C(=N)C(=O)/C=C/CCNC(=O)C(=O)NCc1ccccc1C(=O)N[C@H](C)c1cccc2ccccc12. The van der Waals surface area contributed by atoms with E-state index in [-0.39, 0.29) is 30.8 Å². The highest BCUT2D eigenvalue weighted by Crippen LogP contribution is 2.24. The van der Waals surface area contributed by atoms with Crippen LogP contribution < -0.4 is 16.0 Å². The Kier molecular flexibility index (Phi) is 12.1. The molecule has 3 amide bonds. The molecule has 0 bridgehead atoms. The van der Waals surface area contributed by atoms with Crippen LogP contribution in [0.3, 0.4) is 0 Å². The predicted octanol–water partition coefficient (Wildman–Crippen LogP) is 5.29. The molecule has 0 aliphatic rings. The van der Waals surface area contributed by atoms with Crippen molar-refractivity contribution in [1.82, 2.24) is 16.0 Å². The molecule has 0 heterocycles. The lowest BCUT2D eigenvalue weighted by molar-refractivity contribution is -0.139. The summed E-state index contributed by atoms with van der Waals surface area (Å²) in [5.74, 6) is -2.41. The van der Waals surface area contributed by atoms with Crippen LogP contribution in [0, 0.1) is 5.41 Å². The molecule has 220 valence electrons. The molecule has 8 nitrogen and oxygen atoms in total. The van der Waals surface area contributed by atoms with Crippen LogP contribution in [-0.4, -0.2) is 35.8 Å². The lowest BCUT2D eigenvalue weighted by Crippen LogP contribution is -2.40. The van der Waals surface area contributed by atoms with Gasteiger partial charge in [-0.15, -0.1) is 0 Å². The van der Waals surface area contributed by atoms with Crippen molar-refractivity contribution >= 4 is 40.0 Å². The van der Waals surface area contributed by atoms with E-state index in [0.717, 1.165) is 16.3 Å². The minimum absolute atomic E-state index is 0.0101. The normalized spacial score (nSPS) is 12.2. The summed E-state index contributed by atoms with van der Waals surface area (Å²) in [7, 11) is 0. The van der Waals surface area contributed by atoms with E-state index in [0.29, 0.717) is 23.1 Å². The second kappa shape index (κ2) is 16.2. The maximum Gasteiger partial charge on any atom is 0.309 e. The van der Waals surface area contributed by atoms with Gasteiger partial charge in [0.1, 0.15) is 5.71 Å². The summed E-state index contributed by atoms with van der Waals surface area (Å²) < 4.78 is 0. The molecular formula is C35H36N4O4. The monoisotopic (exact) mass is 576 g/mol. The number of carbonyl (C=O) groups is 4. The molecule has 0 saturated carbocycles. The van der Waals surface area contributed by atoms with Crippen LogP contribution in [0.5, 0.6) is 0 Å². The van der Waals surface area contributed by atoms with Gasteiger partial charge >= 0.3 is 11.8 Å². The molecule has 0 radical (unpaired) electrons. The molecular weight excluding hydrogens is 540 g/mol. The molecule has 3 aromatic rings. The van der Waals surface area contributed by atoms with Crippen molar-refractivity contribution in [1.29, 1.82) is 5.41 Å². The van der Waals surface area contributed by atoms with Crippen molar-refractivity contribution in [3.05, 3.63) is 132 Å². The quantitative estimate of drug-likeness (QED) is 0.0725. The largest absolute Gasteiger partial charge is 0.348 e. The third kappa shape index (κ3) is 9.33. The van der Waals surface area contributed by atoms with E-state index < -0.39 is 17.6 Å². The van der Waals surface area contributed by atoms with E-state index in [4.69, 9.17) is 5.41 Å². The summed E-state index contributed by atoms with van der Waals surface area (Å²) in [6.45, 7) is 7.27. The molecule has 0 fully saturated rings. The van der Waals surface area contributed by atoms with Crippen LogP contribution in [0.4, 0.5) is 0 Å². The van der Waals surface area contributed by atoms with Crippen molar-refractivity contribution in [3.63, 3.8) is 0 Å². The van der Waals surface area contributed by atoms with Crippen LogP contribution in [0.2, 0.25) is 0 Å². The van der Waals surface area contributed by atoms with Gasteiger partial charge in [0.05, 0.1) is 6.04 Å². The minimum Gasteiger partial charge on any atom is -0.348 e. The van der Waals surface area contributed by atoms with Gasteiger partial charge in [-0.05, 0) is 59.9 Å². The Morgan fingerprint density at radius 1 is 0.907 bits per heavy atom. The second-order valence-corrected chi connectivity index (χ2v) is 9.76. The topological polar surface area (TPSA) is 128 Å². The predicted molar refractivity (Wildman–Crippen MR) is 171 cm³/mol. The number of carbonyl (C=O) groups excluding carboxylic acids is 4. The molecule has 0 aliphatic heterocycles. The molecule has 3 aromatic carbocycles. The lowest BCUT2D eigenvalue weighted by Gasteiger charge is -2.18. The van der Waals surface area contributed by atoms with Crippen LogP contribution in [0.15, 0.2) is 115 Å². The Morgan fingerprint density at radius 3 is 2.40 bits per heavy atom. The zero-order valence-electron chi connectivity index (χ0n) is 24.4. The van der Waals surface area contributed by atoms with E-state index in [1.165, 1.54) is 12.2 Å². The fourth-order valence-electron chi connectivity index (χ4n) is 4.31. The number of benzene rings is 3. The van der Waals surface area contributed by atoms with Crippen molar-refractivity contribution in [2.24, 2.45) is 0 Å². The fraction of sp³-hybridized carbons (Fsp3) is 0.171. The Morgan fingerprint density at radius 2 is 1.60 bits per heavy atom.